The number of benzene rings is 2. The molecule has 1 N–H and O–H groups in total. The van der Waals surface area contributed by atoms with Gasteiger partial charge in [0.15, 0.2) is 0 Å². The number of hydrogen-bond donors (Lipinski definition) is 1. The molecule has 0 radical (unpaired) electrons. The van der Waals surface area contributed by atoms with Crippen LogP contribution in [0.1, 0.15) is 36.1 Å². The normalized spacial score (nSPS) is 15.4. The Labute approximate surface area is 142 Å². The molecule has 23 heavy (non-hydrogen) atoms. The van der Waals surface area contributed by atoms with Crippen LogP contribution in [0, 0.1) is 0 Å². The molecule has 0 saturated heterocycles. The minimum absolute atomic E-state index is 0.244. The summed E-state index contributed by atoms with van der Waals surface area (Å²) in [7, 11) is -3.51. The number of sulfonamides is 1. The summed E-state index contributed by atoms with van der Waals surface area (Å²) in [6, 6.07) is 13.0. The molecule has 0 aromatic heterocycles. The number of fused-ring (bicyclic) bond motifs is 1. The fourth-order valence-corrected chi connectivity index (χ4v) is 4.63. The Morgan fingerprint density at radius 1 is 1.04 bits per heavy atom. The van der Waals surface area contributed by atoms with E-state index in [-0.39, 0.29) is 6.04 Å². The van der Waals surface area contributed by atoms with Crippen LogP contribution < -0.4 is 4.72 Å². The Morgan fingerprint density at radius 3 is 2.43 bits per heavy atom. The quantitative estimate of drug-likeness (QED) is 0.834. The highest BCUT2D eigenvalue weighted by atomic mass is 32.2. The Hall–Kier alpha value is -1.30. The third-order valence-corrected chi connectivity index (χ3v) is 6.62. The van der Waals surface area contributed by atoms with Gasteiger partial charge in [-0.2, -0.15) is 0 Å². The van der Waals surface area contributed by atoms with E-state index < -0.39 is 10.0 Å². The molecule has 1 aliphatic rings. The van der Waals surface area contributed by atoms with Crippen LogP contribution in [0.4, 0.5) is 0 Å². The van der Waals surface area contributed by atoms with Crippen LogP contribution in [0.25, 0.3) is 0 Å². The van der Waals surface area contributed by atoms with E-state index in [9.17, 15) is 8.42 Å². The van der Waals surface area contributed by atoms with Gasteiger partial charge in [0, 0.05) is 10.9 Å². The summed E-state index contributed by atoms with van der Waals surface area (Å²) in [5.74, 6) is 0. The van der Waals surface area contributed by atoms with E-state index in [1.54, 1.807) is 23.9 Å². The van der Waals surface area contributed by atoms with Gasteiger partial charge in [-0.1, -0.05) is 18.2 Å². The molecule has 3 rings (SSSR count). The van der Waals surface area contributed by atoms with E-state index in [0.717, 1.165) is 23.3 Å². The molecule has 0 heterocycles. The third-order valence-electron chi connectivity index (χ3n) is 4.32. The van der Waals surface area contributed by atoms with Crippen molar-refractivity contribution in [3.63, 3.8) is 0 Å². The zero-order chi connectivity index (χ0) is 16.4. The molecule has 2 aromatic carbocycles. The van der Waals surface area contributed by atoms with Crippen molar-refractivity contribution in [2.45, 2.75) is 42.0 Å². The van der Waals surface area contributed by atoms with Gasteiger partial charge in [-0.25, -0.2) is 13.1 Å². The molecule has 0 fully saturated rings. The highest BCUT2D eigenvalue weighted by molar-refractivity contribution is 7.98. The van der Waals surface area contributed by atoms with Crippen LogP contribution in [-0.2, 0) is 22.9 Å². The Morgan fingerprint density at radius 2 is 1.74 bits per heavy atom. The first kappa shape index (κ1) is 16.6. The largest absolute Gasteiger partial charge is 0.241 e. The number of rotatable bonds is 5. The van der Waals surface area contributed by atoms with E-state index in [4.69, 9.17) is 0 Å². The van der Waals surface area contributed by atoms with Gasteiger partial charge in [-0.05, 0) is 73.4 Å². The molecule has 0 amide bonds. The molecular formula is C18H21NO2S2. The Kier molecular flexibility index (Phi) is 4.80. The van der Waals surface area contributed by atoms with Gasteiger partial charge in [0.05, 0.1) is 4.90 Å². The second-order valence-corrected chi connectivity index (χ2v) is 8.49. The first-order valence-electron chi connectivity index (χ1n) is 7.78. The van der Waals surface area contributed by atoms with Crippen molar-refractivity contribution in [1.29, 1.82) is 0 Å². The summed E-state index contributed by atoms with van der Waals surface area (Å²) in [5.41, 5.74) is 3.78. The summed E-state index contributed by atoms with van der Waals surface area (Å²) >= 11 is 1.59. The molecule has 0 unspecified atom stereocenters. The maximum atomic E-state index is 12.5. The summed E-state index contributed by atoms with van der Waals surface area (Å²) < 4.78 is 27.8. The first-order chi connectivity index (χ1) is 11.0. The van der Waals surface area contributed by atoms with Crippen molar-refractivity contribution in [2.75, 3.05) is 6.26 Å². The third kappa shape index (κ3) is 3.62. The Balaban J connectivity index is 1.79. The van der Waals surface area contributed by atoms with Crippen LogP contribution in [0.3, 0.4) is 0 Å². The average Bonchev–Trinajstić information content (AvgIpc) is 3.02. The first-order valence-corrected chi connectivity index (χ1v) is 10.5. The monoisotopic (exact) mass is 347 g/mol. The maximum absolute atomic E-state index is 12.5. The molecule has 0 saturated carbocycles. The van der Waals surface area contributed by atoms with Crippen molar-refractivity contribution < 1.29 is 8.42 Å². The van der Waals surface area contributed by atoms with Crippen molar-refractivity contribution in [2.24, 2.45) is 0 Å². The van der Waals surface area contributed by atoms with Gasteiger partial charge in [0.2, 0.25) is 10.0 Å². The second kappa shape index (κ2) is 6.67. The van der Waals surface area contributed by atoms with E-state index in [1.807, 2.05) is 31.4 Å². The van der Waals surface area contributed by atoms with Crippen LogP contribution in [0.5, 0.6) is 0 Å². The van der Waals surface area contributed by atoms with Crippen LogP contribution in [-0.4, -0.2) is 14.7 Å². The molecular weight excluding hydrogens is 326 g/mol. The topological polar surface area (TPSA) is 46.2 Å². The van der Waals surface area contributed by atoms with Crippen molar-refractivity contribution >= 4 is 21.8 Å². The standard InChI is InChI=1S/C18H21NO2S2/c1-13(15-7-6-14-4-3-5-16(14)12-15)19-23(20,21)18-10-8-17(22-2)9-11-18/h6-13,19H,3-5H2,1-2H3/t13-/m1/s1. The van der Waals surface area contributed by atoms with E-state index in [2.05, 4.69) is 16.9 Å². The number of nitrogens with one attached hydrogen (secondary N) is 1. The number of aryl methyl sites for hydroxylation is 2. The van der Waals surface area contributed by atoms with Crippen molar-refractivity contribution in [1.82, 2.24) is 4.72 Å². The molecule has 5 heteroatoms. The summed E-state index contributed by atoms with van der Waals surface area (Å²) in [4.78, 5) is 1.36. The van der Waals surface area contributed by atoms with Gasteiger partial charge >= 0.3 is 0 Å². The zero-order valence-electron chi connectivity index (χ0n) is 13.4. The molecule has 0 spiro atoms. The molecule has 3 nitrogen and oxygen atoms in total. The lowest BCUT2D eigenvalue weighted by atomic mass is 10.0. The highest BCUT2D eigenvalue weighted by Crippen LogP contribution is 2.26. The molecule has 2 aromatic rings. The Bertz CT molecular complexity index is 798. The molecule has 0 aliphatic heterocycles. The van der Waals surface area contributed by atoms with Crippen LogP contribution >= 0.6 is 11.8 Å². The van der Waals surface area contributed by atoms with Gasteiger partial charge < -0.3 is 0 Å². The van der Waals surface area contributed by atoms with Gasteiger partial charge in [-0.15, -0.1) is 11.8 Å². The molecule has 122 valence electrons. The SMILES string of the molecule is CSc1ccc(S(=O)(=O)N[C@H](C)c2ccc3c(c2)CCC3)cc1. The lowest BCUT2D eigenvalue weighted by Crippen LogP contribution is -2.27. The molecule has 0 bridgehead atoms. The number of thioether (sulfide) groups is 1. The number of hydrogen-bond acceptors (Lipinski definition) is 3. The van der Waals surface area contributed by atoms with Crippen LogP contribution in [0.15, 0.2) is 52.3 Å². The summed E-state index contributed by atoms with van der Waals surface area (Å²) in [5, 5.41) is 0. The summed E-state index contributed by atoms with van der Waals surface area (Å²) in [6.45, 7) is 1.89. The maximum Gasteiger partial charge on any atom is 0.241 e. The predicted octanol–water partition coefficient (Wildman–Crippen LogP) is 3.94. The molecule has 1 aliphatic carbocycles. The van der Waals surface area contributed by atoms with Gasteiger partial charge in [0.25, 0.3) is 0 Å². The van der Waals surface area contributed by atoms with Crippen molar-refractivity contribution in [3.8, 4) is 0 Å². The van der Waals surface area contributed by atoms with E-state index in [1.165, 1.54) is 17.5 Å². The minimum Gasteiger partial charge on any atom is -0.207 e. The lowest BCUT2D eigenvalue weighted by molar-refractivity contribution is 0.567. The second-order valence-electron chi connectivity index (χ2n) is 5.90. The minimum atomic E-state index is -3.51. The molecule has 1 atom stereocenters. The fraction of sp³-hybridized carbons (Fsp3) is 0.333. The van der Waals surface area contributed by atoms with Gasteiger partial charge in [-0.3, -0.25) is 0 Å². The van der Waals surface area contributed by atoms with E-state index in [0.29, 0.717) is 4.90 Å². The smallest absolute Gasteiger partial charge is 0.207 e. The average molecular weight is 348 g/mol. The van der Waals surface area contributed by atoms with Crippen molar-refractivity contribution in [3.05, 3.63) is 59.2 Å². The fourth-order valence-electron chi connectivity index (χ4n) is 2.98. The van der Waals surface area contributed by atoms with E-state index >= 15 is 0 Å². The highest BCUT2D eigenvalue weighted by Gasteiger charge is 2.20. The van der Waals surface area contributed by atoms with Crippen LogP contribution in [0.2, 0.25) is 0 Å². The summed E-state index contributed by atoms with van der Waals surface area (Å²) in [6.07, 6.45) is 5.40. The predicted molar refractivity (Wildman–Crippen MR) is 95.4 cm³/mol. The zero-order valence-corrected chi connectivity index (χ0v) is 15.0. The van der Waals surface area contributed by atoms with Gasteiger partial charge in [0.1, 0.15) is 0 Å². The lowest BCUT2D eigenvalue weighted by Gasteiger charge is -2.16.